The van der Waals surface area contributed by atoms with Crippen LogP contribution in [0.5, 0.6) is 0 Å². The molecule has 0 aliphatic rings. The molecule has 1 aromatic heterocycles. The summed E-state index contributed by atoms with van der Waals surface area (Å²) in [5.41, 5.74) is 0. The fraction of sp³-hybridized carbons (Fsp3) is 0.727. The van der Waals surface area contributed by atoms with Crippen molar-refractivity contribution in [1.82, 2.24) is 14.5 Å². The lowest BCUT2D eigenvalue weighted by Gasteiger charge is -2.23. The standard InChI is InChI=1S/C11H18F3N3/c1-9(11(12,13)14)8-16(3)6-7-17-5-4-15-10(17)2/h4-5,9H,6-8H2,1-3H3. The first kappa shape index (κ1) is 14.0. The highest BCUT2D eigenvalue weighted by Gasteiger charge is 2.36. The van der Waals surface area contributed by atoms with Crippen LogP contribution in [0.25, 0.3) is 0 Å². The molecule has 17 heavy (non-hydrogen) atoms. The van der Waals surface area contributed by atoms with E-state index in [9.17, 15) is 13.2 Å². The summed E-state index contributed by atoms with van der Waals surface area (Å²) >= 11 is 0. The van der Waals surface area contributed by atoms with Gasteiger partial charge in [-0.15, -0.1) is 0 Å². The van der Waals surface area contributed by atoms with Crippen LogP contribution < -0.4 is 0 Å². The molecule has 1 aromatic rings. The maximum Gasteiger partial charge on any atom is 0.392 e. The van der Waals surface area contributed by atoms with Gasteiger partial charge in [0.2, 0.25) is 0 Å². The quantitative estimate of drug-likeness (QED) is 0.798. The lowest BCUT2D eigenvalue weighted by atomic mass is 10.1. The van der Waals surface area contributed by atoms with Crippen molar-refractivity contribution in [3.8, 4) is 0 Å². The Hall–Kier alpha value is -1.04. The third kappa shape index (κ3) is 4.38. The summed E-state index contributed by atoms with van der Waals surface area (Å²) in [7, 11) is 1.70. The molecule has 1 heterocycles. The number of alkyl halides is 3. The van der Waals surface area contributed by atoms with Crippen LogP contribution in [0.2, 0.25) is 0 Å². The lowest BCUT2D eigenvalue weighted by molar-refractivity contribution is -0.173. The molecule has 6 heteroatoms. The van der Waals surface area contributed by atoms with Gasteiger partial charge in [0.15, 0.2) is 0 Å². The SMILES string of the molecule is Cc1nccn1CCN(C)CC(C)C(F)(F)F. The Labute approximate surface area is 99.2 Å². The number of rotatable bonds is 5. The van der Waals surface area contributed by atoms with Crippen molar-refractivity contribution in [3.05, 3.63) is 18.2 Å². The zero-order chi connectivity index (χ0) is 13.1. The van der Waals surface area contributed by atoms with Crippen molar-refractivity contribution in [2.75, 3.05) is 20.1 Å². The summed E-state index contributed by atoms with van der Waals surface area (Å²) in [6, 6.07) is 0. The highest BCUT2D eigenvalue weighted by atomic mass is 19.4. The van der Waals surface area contributed by atoms with Crippen LogP contribution in [0.1, 0.15) is 12.7 Å². The lowest BCUT2D eigenvalue weighted by Crippen LogP contribution is -2.34. The second-order valence-electron chi connectivity index (χ2n) is 4.37. The Kier molecular flexibility index (Phi) is 4.56. The number of imidazole rings is 1. The highest BCUT2D eigenvalue weighted by Crippen LogP contribution is 2.25. The van der Waals surface area contributed by atoms with E-state index in [-0.39, 0.29) is 6.54 Å². The number of likely N-dealkylation sites (N-methyl/N-ethyl adjacent to an activating group) is 1. The number of aromatic nitrogens is 2. The van der Waals surface area contributed by atoms with E-state index in [0.29, 0.717) is 13.1 Å². The van der Waals surface area contributed by atoms with E-state index in [1.165, 1.54) is 6.92 Å². The summed E-state index contributed by atoms with van der Waals surface area (Å²) in [5, 5.41) is 0. The van der Waals surface area contributed by atoms with Crippen molar-refractivity contribution < 1.29 is 13.2 Å². The molecule has 3 nitrogen and oxygen atoms in total. The first-order valence-corrected chi connectivity index (χ1v) is 5.53. The highest BCUT2D eigenvalue weighted by molar-refractivity contribution is 4.88. The van der Waals surface area contributed by atoms with Crippen LogP contribution in [0.3, 0.4) is 0 Å². The molecule has 1 rings (SSSR count). The molecule has 0 bridgehead atoms. The van der Waals surface area contributed by atoms with E-state index in [1.807, 2.05) is 17.7 Å². The molecule has 1 atom stereocenters. The van der Waals surface area contributed by atoms with E-state index in [1.54, 1.807) is 18.1 Å². The molecule has 0 N–H and O–H groups in total. The molecule has 0 aromatic carbocycles. The van der Waals surface area contributed by atoms with Gasteiger partial charge in [-0.05, 0) is 14.0 Å². The number of nitrogens with zero attached hydrogens (tertiary/aromatic N) is 3. The maximum atomic E-state index is 12.3. The van der Waals surface area contributed by atoms with Gasteiger partial charge in [0.1, 0.15) is 5.82 Å². The molecule has 98 valence electrons. The Bertz CT molecular complexity index is 346. The third-order valence-electron chi connectivity index (χ3n) is 2.79. The second kappa shape index (κ2) is 5.53. The second-order valence-corrected chi connectivity index (χ2v) is 4.37. The van der Waals surface area contributed by atoms with Crippen LogP contribution in [-0.4, -0.2) is 40.8 Å². The van der Waals surface area contributed by atoms with E-state index in [4.69, 9.17) is 0 Å². The monoisotopic (exact) mass is 249 g/mol. The topological polar surface area (TPSA) is 21.1 Å². The summed E-state index contributed by atoms with van der Waals surface area (Å²) in [6.07, 6.45) is -0.594. The summed E-state index contributed by atoms with van der Waals surface area (Å²) in [5.74, 6) is -0.418. The summed E-state index contributed by atoms with van der Waals surface area (Å²) < 4.78 is 39.0. The van der Waals surface area contributed by atoms with Crippen LogP contribution in [-0.2, 0) is 6.54 Å². The normalized spacial score (nSPS) is 14.3. The van der Waals surface area contributed by atoms with Crippen molar-refractivity contribution >= 4 is 0 Å². The summed E-state index contributed by atoms with van der Waals surface area (Å²) in [4.78, 5) is 5.75. The average Bonchev–Trinajstić information content (AvgIpc) is 2.59. The third-order valence-corrected chi connectivity index (χ3v) is 2.79. The molecule has 0 amide bonds. The van der Waals surface area contributed by atoms with E-state index in [0.717, 1.165) is 5.82 Å². The van der Waals surface area contributed by atoms with Gasteiger partial charge < -0.3 is 9.47 Å². The Morgan fingerprint density at radius 2 is 2.12 bits per heavy atom. The largest absolute Gasteiger partial charge is 0.392 e. The molecule has 0 saturated heterocycles. The van der Waals surface area contributed by atoms with Gasteiger partial charge >= 0.3 is 6.18 Å². The first-order chi connectivity index (χ1) is 7.80. The predicted octanol–water partition coefficient (Wildman–Crippen LogP) is 2.32. The van der Waals surface area contributed by atoms with E-state index >= 15 is 0 Å². The number of aryl methyl sites for hydroxylation is 1. The zero-order valence-electron chi connectivity index (χ0n) is 10.3. The molecule has 1 unspecified atom stereocenters. The van der Waals surface area contributed by atoms with E-state index < -0.39 is 12.1 Å². The average molecular weight is 249 g/mol. The fourth-order valence-corrected chi connectivity index (χ4v) is 1.58. The van der Waals surface area contributed by atoms with Crippen molar-refractivity contribution in [2.45, 2.75) is 26.6 Å². The molecular weight excluding hydrogens is 231 g/mol. The van der Waals surface area contributed by atoms with Gasteiger partial charge in [0.05, 0.1) is 5.92 Å². The molecule has 0 spiro atoms. The van der Waals surface area contributed by atoms with Gasteiger partial charge in [-0.25, -0.2) is 4.98 Å². The minimum atomic E-state index is -4.11. The van der Waals surface area contributed by atoms with Crippen LogP contribution in [0.15, 0.2) is 12.4 Å². The Morgan fingerprint density at radius 3 is 2.59 bits per heavy atom. The van der Waals surface area contributed by atoms with Gasteiger partial charge in [-0.3, -0.25) is 0 Å². The smallest absolute Gasteiger partial charge is 0.334 e. The Balaban J connectivity index is 2.36. The van der Waals surface area contributed by atoms with Crippen molar-refractivity contribution in [3.63, 3.8) is 0 Å². The number of halogens is 3. The molecule has 0 aliphatic carbocycles. The van der Waals surface area contributed by atoms with Gasteiger partial charge in [-0.2, -0.15) is 13.2 Å². The molecule has 0 radical (unpaired) electrons. The number of hydrogen-bond acceptors (Lipinski definition) is 2. The van der Waals surface area contributed by atoms with Gasteiger partial charge in [-0.1, -0.05) is 6.92 Å². The molecular formula is C11H18F3N3. The maximum absolute atomic E-state index is 12.3. The molecule has 0 saturated carbocycles. The first-order valence-electron chi connectivity index (χ1n) is 5.53. The molecule has 0 fully saturated rings. The van der Waals surface area contributed by atoms with Crippen molar-refractivity contribution in [2.24, 2.45) is 5.92 Å². The zero-order valence-corrected chi connectivity index (χ0v) is 10.3. The van der Waals surface area contributed by atoms with Gasteiger partial charge in [0, 0.05) is 32.0 Å². The minimum absolute atomic E-state index is 0.0250. The van der Waals surface area contributed by atoms with Crippen molar-refractivity contribution in [1.29, 1.82) is 0 Å². The van der Waals surface area contributed by atoms with Crippen LogP contribution >= 0.6 is 0 Å². The number of hydrogen-bond donors (Lipinski definition) is 0. The fourth-order valence-electron chi connectivity index (χ4n) is 1.58. The van der Waals surface area contributed by atoms with E-state index in [2.05, 4.69) is 4.98 Å². The molecule has 0 aliphatic heterocycles. The predicted molar refractivity (Wildman–Crippen MR) is 59.7 cm³/mol. The van der Waals surface area contributed by atoms with Crippen LogP contribution in [0, 0.1) is 12.8 Å². The van der Waals surface area contributed by atoms with Gasteiger partial charge in [0.25, 0.3) is 0 Å². The summed E-state index contributed by atoms with van der Waals surface area (Å²) in [6.45, 7) is 4.35. The van der Waals surface area contributed by atoms with Crippen LogP contribution in [0.4, 0.5) is 13.2 Å². The Morgan fingerprint density at radius 1 is 1.47 bits per heavy atom. The minimum Gasteiger partial charge on any atom is -0.334 e.